The van der Waals surface area contributed by atoms with E-state index in [0.717, 1.165) is 0 Å². The zero-order valence-corrected chi connectivity index (χ0v) is 13.0. The lowest BCUT2D eigenvalue weighted by atomic mass is 9.95. The lowest BCUT2D eigenvalue weighted by Crippen LogP contribution is -2.07. The summed E-state index contributed by atoms with van der Waals surface area (Å²) in [6.07, 6.45) is 1.53. The lowest BCUT2D eigenvalue weighted by molar-refractivity contribution is 0.0602. The van der Waals surface area contributed by atoms with Crippen LogP contribution in [0, 0.1) is 0 Å². The minimum atomic E-state index is -0.445. The summed E-state index contributed by atoms with van der Waals surface area (Å²) in [5.74, 6) is -0.685. The van der Waals surface area contributed by atoms with Crippen molar-refractivity contribution in [2.24, 2.45) is 0 Å². The topological polar surface area (TPSA) is 56.3 Å². The Kier molecular flexibility index (Phi) is 4.08. The van der Waals surface area contributed by atoms with E-state index in [-0.39, 0.29) is 10.9 Å². The Morgan fingerprint density at radius 3 is 2.22 bits per heavy atom. The molecule has 23 heavy (non-hydrogen) atoms. The van der Waals surface area contributed by atoms with Gasteiger partial charge in [0.05, 0.1) is 18.2 Å². The molecule has 0 atom stereocenters. The molecule has 0 aliphatic rings. The van der Waals surface area contributed by atoms with E-state index >= 15 is 0 Å². The van der Waals surface area contributed by atoms with Crippen molar-refractivity contribution in [1.82, 2.24) is 4.98 Å². The molecule has 0 radical (unpaired) electrons. The first-order chi connectivity index (χ1) is 11.1. The van der Waals surface area contributed by atoms with Crippen LogP contribution in [-0.2, 0) is 4.74 Å². The van der Waals surface area contributed by atoms with E-state index in [1.54, 1.807) is 42.5 Å². The molecular weight excluding hydrogens is 314 g/mol. The second kappa shape index (κ2) is 6.18. The number of hydrogen-bond acceptors (Lipinski definition) is 4. The number of carbonyl (C=O) groups is 2. The van der Waals surface area contributed by atoms with Crippen molar-refractivity contribution in [3.8, 4) is 0 Å². The molecule has 2 aromatic carbocycles. The summed E-state index contributed by atoms with van der Waals surface area (Å²) in [7, 11) is 1.32. The van der Waals surface area contributed by atoms with Gasteiger partial charge in [-0.1, -0.05) is 35.9 Å². The van der Waals surface area contributed by atoms with Crippen LogP contribution in [0.4, 0.5) is 0 Å². The Balaban J connectivity index is 2.22. The summed E-state index contributed by atoms with van der Waals surface area (Å²) in [6.45, 7) is 0. The number of esters is 1. The molecule has 3 aromatic rings. The molecule has 3 rings (SSSR count). The molecule has 114 valence electrons. The van der Waals surface area contributed by atoms with Crippen LogP contribution in [0.5, 0.6) is 0 Å². The van der Waals surface area contributed by atoms with Gasteiger partial charge in [0.1, 0.15) is 5.15 Å². The molecule has 1 heterocycles. The highest BCUT2D eigenvalue weighted by Crippen LogP contribution is 2.27. The number of pyridine rings is 1. The first kappa shape index (κ1) is 15.2. The molecule has 0 saturated carbocycles. The molecule has 0 saturated heterocycles. The average Bonchev–Trinajstić information content (AvgIpc) is 2.60. The van der Waals surface area contributed by atoms with Crippen LogP contribution in [0.25, 0.3) is 10.8 Å². The molecule has 0 amide bonds. The highest BCUT2D eigenvalue weighted by atomic mass is 35.5. The monoisotopic (exact) mass is 325 g/mol. The van der Waals surface area contributed by atoms with Gasteiger partial charge in [0.15, 0.2) is 5.78 Å². The van der Waals surface area contributed by atoms with Gasteiger partial charge in [-0.2, -0.15) is 0 Å². The van der Waals surface area contributed by atoms with Gasteiger partial charge in [-0.3, -0.25) is 4.79 Å². The van der Waals surface area contributed by atoms with Crippen LogP contribution >= 0.6 is 11.6 Å². The summed E-state index contributed by atoms with van der Waals surface area (Å²) >= 11 is 6.02. The lowest BCUT2D eigenvalue weighted by Gasteiger charge is -2.10. The molecule has 0 unspecified atom stereocenters. The minimum Gasteiger partial charge on any atom is -0.465 e. The van der Waals surface area contributed by atoms with Gasteiger partial charge in [-0.05, 0) is 35.0 Å². The number of halogens is 1. The van der Waals surface area contributed by atoms with Gasteiger partial charge in [0, 0.05) is 11.8 Å². The van der Waals surface area contributed by atoms with Gasteiger partial charge in [0.25, 0.3) is 0 Å². The number of ether oxygens (including phenoxy) is 1. The maximum absolute atomic E-state index is 12.8. The third-order valence-corrected chi connectivity index (χ3v) is 3.88. The van der Waals surface area contributed by atoms with Gasteiger partial charge in [0.2, 0.25) is 0 Å². The van der Waals surface area contributed by atoms with Crippen LogP contribution in [0.15, 0.2) is 54.7 Å². The van der Waals surface area contributed by atoms with Crippen molar-refractivity contribution in [2.45, 2.75) is 0 Å². The van der Waals surface area contributed by atoms with Crippen molar-refractivity contribution < 1.29 is 14.3 Å². The normalized spacial score (nSPS) is 10.5. The summed E-state index contributed by atoms with van der Waals surface area (Å²) in [6, 6.07) is 13.7. The molecule has 0 fully saturated rings. The Bertz CT molecular complexity index is 921. The van der Waals surface area contributed by atoms with Crippen LogP contribution < -0.4 is 0 Å². The number of ketones is 1. The maximum Gasteiger partial charge on any atom is 0.338 e. The second-order valence-electron chi connectivity index (χ2n) is 4.87. The van der Waals surface area contributed by atoms with Crippen LogP contribution in [0.1, 0.15) is 26.3 Å². The highest BCUT2D eigenvalue weighted by Gasteiger charge is 2.19. The van der Waals surface area contributed by atoms with Gasteiger partial charge in [-0.25, -0.2) is 9.78 Å². The average molecular weight is 326 g/mol. The maximum atomic E-state index is 12.8. The van der Waals surface area contributed by atoms with Crippen molar-refractivity contribution in [3.63, 3.8) is 0 Å². The third-order valence-electron chi connectivity index (χ3n) is 3.58. The van der Waals surface area contributed by atoms with E-state index in [1.807, 2.05) is 6.07 Å². The summed E-state index contributed by atoms with van der Waals surface area (Å²) in [5.41, 5.74) is 1.20. The van der Waals surface area contributed by atoms with E-state index < -0.39 is 5.97 Å². The molecule has 0 aliphatic heterocycles. The van der Waals surface area contributed by atoms with Crippen molar-refractivity contribution in [1.29, 1.82) is 0 Å². The SMILES string of the molecule is COC(=O)c1ccc(C(=O)c2cccnc2Cl)c2ccccc12. The Morgan fingerprint density at radius 2 is 1.57 bits per heavy atom. The van der Waals surface area contributed by atoms with Crippen molar-refractivity contribution >= 4 is 34.1 Å². The van der Waals surface area contributed by atoms with Gasteiger partial charge < -0.3 is 4.74 Å². The molecule has 0 N–H and O–H groups in total. The van der Waals surface area contributed by atoms with E-state index in [1.165, 1.54) is 13.3 Å². The summed E-state index contributed by atoms with van der Waals surface area (Å²) < 4.78 is 4.79. The number of aromatic nitrogens is 1. The van der Waals surface area contributed by atoms with E-state index in [9.17, 15) is 9.59 Å². The number of benzene rings is 2. The summed E-state index contributed by atoms with van der Waals surface area (Å²) in [5, 5.41) is 1.48. The predicted molar refractivity (Wildman–Crippen MR) is 88.0 cm³/mol. The molecule has 1 aromatic heterocycles. The van der Waals surface area contributed by atoms with E-state index in [4.69, 9.17) is 16.3 Å². The quantitative estimate of drug-likeness (QED) is 0.416. The fourth-order valence-electron chi connectivity index (χ4n) is 2.49. The number of methoxy groups -OCH3 is 1. The first-order valence-electron chi connectivity index (χ1n) is 6.88. The Labute approximate surface area is 137 Å². The molecule has 4 nitrogen and oxygen atoms in total. The highest BCUT2D eigenvalue weighted by molar-refractivity contribution is 6.34. The molecule has 0 bridgehead atoms. The smallest absolute Gasteiger partial charge is 0.338 e. The van der Waals surface area contributed by atoms with E-state index in [2.05, 4.69) is 4.98 Å². The number of hydrogen-bond donors (Lipinski definition) is 0. The number of carbonyl (C=O) groups excluding carboxylic acids is 2. The molecular formula is C18H12ClNO3. The molecule has 0 aliphatic carbocycles. The first-order valence-corrected chi connectivity index (χ1v) is 7.26. The standard InChI is InChI=1S/C18H12ClNO3/c1-23-18(22)14-9-8-13(11-5-2-3-6-12(11)14)16(21)15-7-4-10-20-17(15)19/h2-10H,1H3. The van der Waals surface area contributed by atoms with Crippen molar-refractivity contribution in [3.05, 3.63) is 76.6 Å². The number of rotatable bonds is 3. The number of fused-ring (bicyclic) bond motifs is 1. The molecule has 5 heteroatoms. The van der Waals surface area contributed by atoms with Crippen molar-refractivity contribution in [2.75, 3.05) is 7.11 Å². The predicted octanol–water partition coefficient (Wildman–Crippen LogP) is 3.91. The summed E-state index contributed by atoms with van der Waals surface area (Å²) in [4.78, 5) is 28.6. The van der Waals surface area contributed by atoms with Crippen LogP contribution in [-0.4, -0.2) is 23.8 Å². The second-order valence-corrected chi connectivity index (χ2v) is 5.23. The van der Waals surface area contributed by atoms with Gasteiger partial charge in [-0.15, -0.1) is 0 Å². The Hall–Kier alpha value is -2.72. The number of nitrogens with zero attached hydrogens (tertiary/aromatic N) is 1. The molecule has 0 spiro atoms. The van der Waals surface area contributed by atoms with Gasteiger partial charge >= 0.3 is 5.97 Å². The fraction of sp³-hybridized carbons (Fsp3) is 0.0556. The Morgan fingerprint density at radius 1 is 0.913 bits per heavy atom. The zero-order valence-electron chi connectivity index (χ0n) is 12.2. The third kappa shape index (κ3) is 2.69. The van der Waals surface area contributed by atoms with E-state index in [0.29, 0.717) is 27.5 Å². The fourth-order valence-corrected chi connectivity index (χ4v) is 2.69. The zero-order chi connectivity index (χ0) is 16.4. The van der Waals surface area contributed by atoms with Crippen LogP contribution in [0.2, 0.25) is 5.15 Å². The van der Waals surface area contributed by atoms with Crippen LogP contribution in [0.3, 0.4) is 0 Å². The largest absolute Gasteiger partial charge is 0.465 e. The minimum absolute atomic E-state index is 0.152.